The largest absolute Gasteiger partial charge is 0.284 e. The van der Waals surface area contributed by atoms with Crippen molar-refractivity contribution in [3.63, 3.8) is 0 Å². The van der Waals surface area contributed by atoms with Crippen LogP contribution in [0, 0.1) is 6.92 Å². The predicted molar refractivity (Wildman–Crippen MR) is 126 cm³/mol. The van der Waals surface area contributed by atoms with Crippen molar-refractivity contribution in [1.29, 1.82) is 0 Å². The molecule has 0 saturated heterocycles. The lowest BCUT2D eigenvalue weighted by Crippen LogP contribution is -2.30. The van der Waals surface area contributed by atoms with Crippen LogP contribution in [0.5, 0.6) is 0 Å². The molecule has 0 spiro atoms. The summed E-state index contributed by atoms with van der Waals surface area (Å²) in [6.07, 6.45) is 4.87. The van der Waals surface area contributed by atoms with E-state index in [1.54, 1.807) is 40.4 Å². The minimum Gasteiger partial charge on any atom is -0.284 e. The number of rotatable bonds is 8. The third-order valence-corrected chi connectivity index (χ3v) is 6.86. The van der Waals surface area contributed by atoms with E-state index in [9.17, 15) is 4.79 Å². The van der Waals surface area contributed by atoms with E-state index in [4.69, 9.17) is 4.98 Å². The second-order valence-corrected chi connectivity index (χ2v) is 9.25. The number of carbonyl (C=O) groups excluding carboxylic acids is 1. The van der Waals surface area contributed by atoms with Gasteiger partial charge in [0.1, 0.15) is 0 Å². The average Bonchev–Trinajstić information content (AvgIpc) is 3.21. The van der Waals surface area contributed by atoms with E-state index in [-0.39, 0.29) is 5.91 Å². The monoisotopic (exact) mass is 433 g/mol. The van der Waals surface area contributed by atoms with Crippen LogP contribution in [0.1, 0.15) is 24.0 Å². The number of amides is 1. The van der Waals surface area contributed by atoms with Gasteiger partial charge in [-0.3, -0.25) is 14.7 Å². The van der Waals surface area contributed by atoms with Crippen LogP contribution >= 0.6 is 23.1 Å². The summed E-state index contributed by atoms with van der Waals surface area (Å²) in [4.78, 5) is 25.1. The smallest absolute Gasteiger partial charge is 0.229 e. The summed E-state index contributed by atoms with van der Waals surface area (Å²) >= 11 is 3.35. The molecule has 1 amide bonds. The molecule has 0 aliphatic carbocycles. The van der Waals surface area contributed by atoms with Crippen LogP contribution in [-0.4, -0.2) is 21.6 Å². The molecule has 2 aromatic heterocycles. The number of pyridine rings is 1. The summed E-state index contributed by atoms with van der Waals surface area (Å²) in [7, 11) is 0. The maximum Gasteiger partial charge on any atom is 0.229 e. The second-order valence-electron chi connectivity index (χ2n) is 7.07. The maximum atomic E-state index is 13.1. The molecule has 0 radical (unpaired) electrons. The van der Waals surface area contributed by atoms with Crippen molar-refractivity contribution in [2.75, 3.05) is 10.7 Å². The topological polar surface area (TPSA) is 46.1 Å². The average molecular weight is 434 g/mol. The molecular formula is C24H23N3OS2. The number of hydrogen-bond acceptors (Lipinski definition) is 5. The minimum atomic E-state index is 0.0995. The fourth-order valence-electron chi connectivity index (χ4n) is 3.10. The Morgan fingerprint density at radius 3 is 2.67 bits per heavy atom. The first-order valence-corrected chi connectivity index (χ1v) is 11.7. The minimum absolute atomic E-state index is 0.0995. The van der Waals surface area contributed by atoms with Crippen molar-refractivity contribution in [1.82, 2.24) is 9.97 Å². The van der Waals surface area contributed by atoms with Crippen molar-refractivity contribution < 1.29 is 4.79 Å². The highest BCUT2D eigenvalue weighted by molar-refractivity contribution is 7.99. The first-order valence-electron chi connectivity index (χ1n) is 9.93. The second kappa shape index (κ2) is 9.87. The molecule has 0 fully saturated rings. The van der Waals surface area contributed by atoms with Crippen LogP contribution in [0.15, 0.2) is 78.0 Å². The van der Waals surface area contributed by atoms with Gasteiger partial charge < -0.3 is 0 Å². The Labute approximate surface area is 185 Å². The zero-order valence-electron chi connectivity index (χ0n) is 16.8. The molecule has 0 unspecified atom stereocenters. The van der Waals surface area contributed by atoms with Crippen molar-refractivity contribution in [3.05, 3.63) is 84.2 Å². The number of thiazole rings is 1. The van der Waals surface area contributed by atoms with E-state index < -0.39 is 0 Å². The molecule has 4 nitrogen and oxygen atoms in total. The van der Waals surface area contributed by atoms with Gasteiger partial charge in [0.15, 0.2) is 5.13 Å². The first-order chi connectivity index (χ1) is 14.7. The summed E-state index contributed by atoms with van der Waals surface area (Å²) in [5, 5.41) is 0.747. The van der Waals surface area contributed by atoms with Gasteiger partial charge in [-0.1, -0.05) is 47.2 Å². The molecule has 0 bridgehead atoms. The molecule has 0 atom stereocenters. The number of benzene rings is 2. The van der Waals surface area contributed by atoms with Crippen molar-refractivity contribution >= 4 is 44.4 Å². The Kier molecular flexibility index (Phi) is 6.77. The number of fused-ring (bicyclic) bond motifs is 1. The number of para-hydroxylation sites is 1. The van der Waals surface area contributed by atoms with E-state index in [2.05, 4.69) is 36.2 Å². The molecule has 0 N–H and O–H groups in total. The van der Waals surface area contributed by atoms with Crippen LogP contribution in [0.25, 0.3) is 10.2 Å². The molecule has 0 aliphatic rings. The van der Waals surface area contributed by atoms with Gasteiger partial charge >= 0.3 is 0 Å². The van der Waals surface area contributed by atoms with Gasteiger partial charge in [-0.2, -0.15) is 0 Å². The number of aryl methyl sites for hydroxylation is 1. The standard InChI is InChI=1S/C24H23N3OS2/c1-18-10-12-20(13-11-18)29-15-5-9-23(28)27(17-19-6-4-14-25-16-19)24-26-21-7-2-3-8-22(21)30-24/h2-4,6-8,10-14,16H,5,9,15,17H2,1H3. The molecule has 2 heterocycles. The van der Waals surface area contributed by atoms with Crippen LogP contribution in [0.3, 0.4) is 0 Å². The van der Waals surface area contributed by atoms with Crippen LogP contribution in [0.4, 0.5) is 5.13 Å². The third-order valence-electron chi connectivity index (χ3n) is 4.70. The van der Waals surface area contributed by atoms with E-state index in [0.29, 0.717) is 13.0 Å². The Bertz CT molecular complexity index is 1080. The quantitative estimate of drug-likeness (QED) is 0.249. The van der Waals surface area contributed by atoms with Gasteiger partial charge in [-0.15, -0.1) is 11.8 Å². The summed E-state index contributed by atoms with van der Waals surface area (Å²) < 4.78 is 1.09. The molecule has 0 saturated carbocycles. The predicted octanol–water partition coefficient (Wildman–Crippen LogP) is 6.11. The molecular weight excluding hydrogens is 410 g/mol. The summed E-state index contributed by atoms with van der Waals surface area (Å²) in [6.45, 7) is 2.57. The highest BCUT2D eigenvalue weighted by Gasteiger charge is 2.20. The Balaban J connectivity index is 1.44. The van der Waals surface area contributed by atoms with E-state index >= 15 is 0 Å². The Morgan fingerprint density at radius 1 is 1.07 bits per heavy atom. The number of hydrogen-bond donors (Lipinski definition) is 0. The van der Waals surface area contributed by atoms with Gasteiger partial charge in [0.2, 0.25) is 5.91 Å². The summed E-state index contributed by atoms with van der Waals surface area (Å²) in [6, 6.07) is 20.4. The normalized spacial score (nSPS) is 11.0. The molecule has 2 aromatic carbocycles. The molecule has 152 valence electrons. The lowest BCUT2D eigenvalue weighted by molar-refractivity contribution is -0.118. The summed E-state index contributed by atoms with van der Waals surface area (Å²) in [5.74, 6) is 1.01. The van der Waals surface area contributed by atoms with Crippen molar-refractivity contribution in [2.24, 2.45) is 0 Å². The van der Waals surface area contributed by atoms with Gasteiger partial charge in [0.05, 0.1) is 16.8 Å². The van der Waals surface area contributed by atoms with Gasteiger partial charge in [-0.05, 0) is 55.0 Å². The number of anilines is 1. The Hall–Kier alpha value is -2.70. The van der Waals surface area contributed by atoms with Crippen LogP contribution < -0.4 is 4.90 Å². The first kappa shape index (κ1) is 20.6. The van der Waals surface area contributed by atoms with Gasteiger partial charge in [0.25, 0.3) is 0 Å². The third kappa shape index (κ3) is 5.26. The van der Waals surface area contributed by atoms with Crippen LogP contribution in [0.2, 0.25) is 0 Å². The van der Waals surface area contributed by atoms with Gasteiger partial charge in [-0.25, -0.2) is 4.98 Å². The van der Waals surface area contributed by atoms with Crippen molar-refractivity contribution in [3.8, 4) is 0 Å². The molecule has 6 heteroatoms. The van der Waals surface area contributed by atoms with Crippen molar-refractivity contribution in [2.45, 2.75) is 31.2 Å². The van der Waals surface area contributed by atoms with E-state index in [0.717, 1.165) is 33.1 Å². The fraction of sp³-hybridized carbons (Fsp3) is 0.208. The zero-order valence-corrected chi connectivity index (χ0v) is 18.5. The van der Waals surface area contributed by atoms with Gasteiger partial charge in [0, 0.05) is 23.7 Å². The molecule has 4 aromatic rings. The zero-order chi connectivity index (χ0) is 20.8. The molecule has 30 heavy (non-hydrogen) atoms. The SMILES string of the molecule is Cc1ccc(SCCCC(=O)N(Cc2cccnc2)c2nc3ccccc3s2)cc1. The number of carbonyl (C=O) groups is 1. The van der Waals surface area contributed by atoms with Crippen LogP contribution in [-0.2, 0) is 11.3 Å². The fourth-order valence-corrected chi connectivity index (χ4v) is 4.93. The lowest BCUT2D eigenvalue weighted by atomic mass is 10.2. The Morgan fingerprint density at radius 2 is 1.90 bits per heavy atom. The number of aromatic nitrogens is 2. The summed E-state index contributed by atoms with van der Waals surface area (Å²) in [5.41, 5.74) is 3.19. The van der Waals surface area contributed by atoms with E-state index in [1.807, 2.05) is 36.4 Å². The molecule has 0 aliphatic heterocycles. The maximum absolute atomic E-state index is 13.1. The highest BCUT2D eigenvalue weighted by atomic mass is 32.2. The van der Waals surface area contributed by atoms with E-state index in [1.165, 1.54) is 10.5 Å². The molecule has 4 rings (SSSR count). The number of nitrogens with zero attached hydrogens (tertiary/aromatic N) is 3. The highest BCUT2D eigenvalue weighted by Crippen LogP contribution is 2.30. The number of thioether (sulfide) groups is 1. The lowest BCUT2D eigenvalue weighted by Gasteiger charge is -2.20.